The summed E-state index contributed by atoms with van der Waals surface area (Å²) < 4.78 is 36.1. The number of aromatic nitrogens is 1. The molecule has 0 fully saturated rings. The summed E-state index contributed by atoms with van der Waals surface area (Å²) in [6, 6.07) is 10.1. The molecule has 6 N–H and O–H groups in total. The van der Waals surface area contributed by atoms with Crippen molar-refractivity contribution in [2.75, 3.05) is 10.6 Å². The maximum absolute atomic E-state index is 12.0. The number of hydrogen-bond acceptors (Lipinski definition) is 3. The van der Waals surface area contributed by atoms with E-state index in [1.807, 2.05) is 18.2 Å². The molecule has 0 unspecified atom stereocenters. The van der Waals surface area contributed by atoms with Gasteiger partial charge in [-0.3, -0.25) is 0 Å². The number of aryl methyl sites for hydroxylation is 1. The van der Waals surface area contributed by atoms with E-state index in [4.69, 9.17) is 23.7 Å². The van der Waals surface area contributed by atoms with Crippen molar-refractivity contribution in [3.63, 3.8) is 0 Å². The van der Waals surface area contributed by atoms with Gasteiger partial charge < -0.3 is 22.1 Å². The van der Waals surface area contributed by atoms with Crippen molar-refractivity contribution in [3.05, 3.63) is 53.9 Å². The van der Waals surface area contributed by atoms with Crippen molar-refractivity contribution in [2.24, 2.45) is 11.5 Å². The maximum atomic E-state index is 12.0. The van der Waals surface area contributed by atoms with Crippen LogP contribution in [0.5, 0.6) is 0 Å². The minimum Gasteiger partial charge on any atom is -0.376 e. The van der Waals surface area contributed by atoms with Crippen molar-refractivity contribution >= 4 is 46.0 Å². The molecule has 26 heavy (non-hydrogen) atoms. The summed E-state index contributed by atoms with van der Waals surface area (Å²) in [5, 5.41) is 5.64. The number of alkyl halides is 3. The Bertz CT molecular complexity index is 748. The molecule has 0 aliphatic rings. The van der Waals surface area contributed by atoms with Crippen molar-refractivity contribution in [1.82, 2.24) is 4.98 Å². The summed E-state index contributed by atoms with van der Waals surface area (Å²) in [7, 11) is 0. The highest BCUT2D eigenvalue weighted by Gasteiger charge is 2.31. The van der Waals surface area contributed by atoms with E-state index in [2.05, 4.69) is 40.8 Å². The fourth-order valence-corrected chi connectivity index (χ4v) is 2.02. The molecule has 0 bridgehead atoms. The zero-order chi connectivity index (χ0) is 19.7. The number of nitrogens with two attached hydrogens (primary N) is 2. The zero-order valence-electron chi connectivity index (χ0n) is 13.8. The van der Waals surface area contributed by atoms with Gasteiger partial charge in [-0.1, -0.05) is 19.1 Å². The summed E-state index contributed by atoms with van der Waals surface area (Å²) in [5.41, 5.74) is 12.1. The molecule has 0 aliphatic carbocycles. The lowest BCUT2D eigenvalue weighted by Crippen LogP contribution is -2.19. The average Bonchev–Trinajstić information content (AvgIpc) is 2.54. The topological polar surface area (TPSA) is 89.0 Å². The predicted octanol–water partition coefficient (Wildman–Crippen LogP) is 3.66. The van der Waals surface area contributed by atoms with E-state index in [-0.39, 0.29) is 5.11 Å². The molecule has 1 heterocycles. The summed E-state index contributed by atoms with van der Waals surface area (Å²) in [6.45, 7) is 2.11. The lowest BCUT2D eigenvalue weighted by Gasteiger charge is -2.06. The monoisotopic (exact) mass is 401 g/mol. The van der Waals surface area contributed by atoms with Crippen molar-refractivity contribution < 1.29 is 13.2 Å². The molecule has 140 valence electrons. The van der Waals surface area contributed by atoms with Gasteiger partial charge in [0.15, 0.2) is 10.2 Å². The van der Waals surface area contributed by atoms with E-state index in [1.165, 1.54) is 11.6 Å². The molecule has 0 aliphatic heterocycles. The minimum absolute atomic E-state index is 0.0217. The first-order chi connectivity index (χ1) is 12.1. The lowest BCUT2D eigenvalue weighted by atomic mass is 10.1. The third-order valence-electron chi connectivity index (χ3n) is 2.92. The summed E-state index contributed by atoms with van der Waals surface area (Å²) in [4.78, 5) is 3.20. The van der Waals surface area contributed by atoms with Crippen LogP contribution in [0.25, 0.3) is 0 Å². The highest BCUT2D eigenvalue weighted by atomic mass is 32.1. The lowest BCUT2D eigenvalue weighted by molar-refractivity contribution is -0.141. The van der Waals surface area contributed by atoms with Crippen LogP contribution >= 0.6 is 24.4 Å². The highest BCUT2D eigenvalue weighted by Crippen LogP contribution is 2.27. The molecule has 2 rings (SSSR count). The van der Waals surface area contributed by atoms with E-state index in [0.29, 0.717) is 10.8 Å². The summed E-state index contributed by atoms with van der Waals surface area (Å²) in [5.74, 6) is 0. The molecule has 0 saturated carbocycles. The number of nitrogens with one attached hydrogen (secondary N) is 2. The van der Waals surface area contributed by atoms with Crippen LogP contribution in [-0.2, 0) is 12.6 Å². The van der Waals surface area contributed by atoms with E-state index >= 15 is 0 Å². The molecule has 5 nitrogen and oxygen atoms in total. The number of nitrogens with zero attached hydrogens (tertiary/aromatic N) is 1. The number of benzene rings is 1. The summed E-state index contributed by atoms with van der Waals surface area (Å²) >= 11 is 9.22. The van der Waals surface area contributed by atoms with Gasteiger partial charge in [-0.15, -0.1) is 0 Å². The number of pyridine rings is 1. The van der Waals surface area contributed by atoms with Crippen LogP contribution in [0, 0.1) is 0 Å². The molecule has 1 aromatic heterocycles. The van der Waals surface area contributed by atoms with Crippen LogP contribution in [0.1, 0.15) is 18.2 Å². The summed E-state index contributed by atoms with van der Waals surface area (Å²) in [6.07, 6.45) is -2.39. The minimum atomic E-state index is -4.43. The van der Waals surface area contributed by atoms with Gasteiger partial charge in [0.25, 0.3) is 0 Å². The predicted molar refractivity (Wildman–Crippen MR) is 106 cm³/mol. The molecular weight excluding hydrogens is 383 g/mol. The largest absolute Gasteiger partial charge is 0.433 e. The fourth-order valence-electron chi connectivity index (χ4n) is 1.79. The molecule has 0 radical (unpaired) electrons. The molecule has 2 aromatic rings. The van der Waals surface area contributed by atoms with Gasteiger partial charge in [-0.05, 0) is 60.7 Å². The van der Waals surface area contributed by atoms with Gasteiger partial charge in [-0.25, -0.2) is 4.98 Å². The zero-order valence-corrected chi connectivity index (χ0v) is 15.4. The average molecular weight is 401 g/mol. The number of anilines is 2. The molecular formula is C16H18F3N5S2. The van der Waals surface area contributed by atoms with Crippen LogP contribution < -0.4 is 22.1 Å². The molecule has 0 spiro atoms. The number of rotatable bonds is 3. The van der Waals surface area contributed by atoms with Gasteiger partial charge in [0.2, 0.25) is 0 Å². The number of hydrogen-bond donors (Lipinski definition) is 4. The second kappa shape index (κ2) is 9.88. The molecule has 0 atom stereocenters. The van der Waals surface area contributed by atoms with Gasteiger partial charge in [0, 0.05) is 5.69 Å². The second-order valence-electron chi connectivity index (χ2n) is 4.96. The first-order valence-corrected chi connectivity index (χ1v) is 8.18. The van der Waals surface area contributed by atoms with Gasteiger partial charge in [0.1, 0.15) is 5.69 Å². The van der Waals surface area contributed by atoms with Crippen LogP contribution in [0.2, 0.25) is 0 Å². The Morgan fingerprint density at radius 3 is 2.12 bits per heavy atom. The number of thiocarbonyl (C=S) groups is 2. The van der Waals surface area contributed by atoms with Gasteiger partial charge in [-0.2, -0.15) is 13.2 Å². The van der Waals surface area contributed by atoms with Crippen LogP contribution in [0.15, 0.2) is 42.6 Å². The van der Waals surface area contributed by atoms with Crippen LogP contribution in [0.4, 0.5) is 24.5 Å². The first-order valence-electron chi connectivity index (χ1n) is 7.37. The fraction of sp³-hybridized carbons (Fsp3) is 0.188. The Balaban J connectivity index is 0.000000263. The maximum Gasteiger partial charge on any atom is 0.433 e. The quantitative estimate of drug-likeness (QED) is 0.584. The van der Waals surface area contributed by atoms with Crippen molar-refractivity contribution in [1.29, 1.82) is 0 Å². The van der Waals surface area contributed by atoms with E-state index in [0.717, 1.165) is 24.4 Å². The Morgan fingerprint density at radius 2 is 1.65 bits per heavy atom. The molecule has 0 amide bonds. The highest BCUT2D eigenvalue weighted by molar-refractivity contribution is 7.80. The molecule has 10 heteroatoms. The standard InChI is InChI=1S/C9H12N2S.C7H6F3N3S/c1-2-7-4-3-5-8(6-7)11-9(10)12;8-7(9,10)5-2-1-4(3-12-5)13-6(11)14/h3-6H,2H2,1H3,(H3,10,11,12);1-3H,(H3,11,13,14). The van der Waals surface area contributed by atoms with E-state index in [1.54, 1.807) is 0 Å². The van der Waals surface area contributed by atoms with Crippen molar-refractivity contribution in [2.45, 2.75) is 19.5 Å². The Kier molecular flexibility index (Phi) is 8.20. The molecule has 1 aromatic carbocycles. The Labute approximate surface area is 160 Å². The third kappa shape index (κ3) is 8.08. The molecule has 0 saturated heterocycles. The Morgan fingerprint density at radius 1 is 1.04 bits per heavy atom. The smallest absolute Gasteiger partial charge is 0.376 e. The van der Waals surface area contributed by atoms with Gasteiger partial charge >= 0.3 is 6.18 Å². The SMILES string of the molecule is CCc1cccc(NC(N)=S)c1.NC(=S)Nc1ccc(C(F)(F)F)nc1. The van der Waals surface area contributed by atoms with Crippen molar-refractivity contribution in [3.8, 4) is 0 Å². The second-order valence-corrected chi connectivity index (χ2v) is 5.84. The third-order valence-corrected chi connectivity index (χ3v) is 3.13. The van der Waals surface area contributed by atoms with Crippen LogP contribution in [-0.4, -0.2) is 15.2 Å². The van der Waals surface area contributed by atoms with Gasteiger partial charge in [0.05, 0.1) is 11.9 Å². The van der Waals surface area contributed by atoms with Crippen LogP contribution in [0.3, 0.4) is 0 Å². The normalized spacial score (nSPS) is 10.3. The Hall–Kier alpha value is -2.46. The number of halogens is 3. The van der Waals surface area contributed by atoms with E-state index in [9.17, 15) is 13.2 Å². The van der Waals surface area contributed by atoms with E-state index < -0.39 is 11.9 Å². The first kappa shape index (κ1) is 21.6.